The fourth-order valence-corrected chi connectivity index (χ4v) is 3.24. The van der Waals surface area contributed by atoms with Crippen LogP contribution >= 0.6 is 0 Å². The second kappa shape index (κ2) is 4.60. The highest BCUT2D eigenvalue weighted by atomic mass is 19.1. The summed E-state index contributed by atoms with van der Waals surface area (Å²) < 4.78 is 14.7. The van der Waals surface area contributed by atoms with Crippen LogP contribution in [0.15, 0.2) is 18.2 Å². The number of alkyl halides is 1. The van der Waals surface area contributed by atoms with Crippen molar-refractivity contribution in [1.29, 1.82) is 0 Å². The topological polar surface area (TPSA) is 49.3 Å². The van der Waals surface area contributed by atoms with E-state index in [1.54, 1.807) is 12.1 Å². The van der Waals surface area contributed by atoms with E-state index >= 15 is 0 Å². The number of fused-ring (bicyclic) bond motifs is 1. The fourth-order valence-electron chi connectivity index (χ4n) is 3.24. The lowest BCUT2D eigenvalue weighted by molar-refractivity contribution is 0.0686. The van der Waals surface area contributed by atoms with Crippen molar-refractivity contribution in [2.75, 3.05) is 13.1 Å². The Labute approximate surface area is 111 Å². The number of hydrogen-bond donors (Lipinski definition) is 2. The molecular weight excluding hydrogens is 245 g/mol. The van der Waals surface area contributed by atoms with Gasteiger partial charge in [0.05, 0.1) is 0 Å². The van der Waals surface area contributed by atoms with Crippen LogP contribution in [0.5, 0.6) is 5.75 Å². The molecule has 2 aliphatic rings. The average molecular weight is 263 g/mol. The third kappa shape index (κ3) is 2.37. The quantitative estimate of drug-likeness (QED) is 0.860. The van der Waals surface area contributed by atoms with E-state index in [2.05, 4.69) is 5.32 Å². The molecule has 0 saturated carbocycles. The Kier molecular flexibility index (Phi) is 3.05. The van der Waals surface area contributed by atoms with E-state index in [-0.39, 0.29) is 17.5 Å². The normalized spacial score (nSPS) is 25.3. The second-order valence-electron chi connectivity index (χ2n) is 5.71. The minimum atomic E-state index is -1.21. The van der Waals surface area contributed by atoms with Crippen LogP contribution in [0.3, 0.4) is 0 Å². The van der Waals surface area contributed by atoms with E-state index in [0.717, 1.165) is 5.56 Å². The number of Topliss-reactive ketones (excluding diaryl/α,β-unsaturated/α-hetero) is 1. The Morgan fingerprint density at radius 1 is 1.37 bits per heavy atom. The van der Waals surface area contributed by atoms with Crippen molar-refractivity contribution in [2.45, 2.75) is 31.4 Å². The van der Waals surface area contributed by atoms with E-state index in [4.69, 9.17) is 0 Å². The monoisotopic (exact) mass is 263 g/mol. The molecule has 2 N–H and O–H groups in total. The average Bonchev–Trinajstić information content (AvgIpc) is 2.67. The summed E-state index contributed by atoms with van der Waals surface area (Å²) in [5.74, 6) is -0.175. The molecule has 0 amide bonds. The third-order valence-electron chi connectivity index (χ3n) is 4.31. The SMILES string of the molecule is O=C1c2cc(O)ccc2CC1CC1(F)CCNCC1. The predicted octanol–water partition coefficient (Wildman–Crippen LogP) is 2.23. The van der Waals surface area contributed by atoms with Crippen molar-refractivity contribution >= 4 is 5.78 Å². The number of nitrogens with one attached hydrogen (secondary N) is 1. The number of benzene rings is 1. The molecule has 4 heteroatoms. The maximum absolute atomic E-state index is 14.7. The van der Waals surface area contributed by atoms with Gasteiger partial charge in [0.1, 0.15) is 11.4 Å². The Balaban J connectivity index is 1.76. The van der Waals surface area contributed by atoms with Gasteiger partial charge in [-0.25, -0.2) is 4.39 Å². The second-order valence-corrected chi connectivity index (χ2v) is 5.71. The van der Waals surface area contributed by atoms with Gasteiger partial charge in [-0.3, -0.25) is 4.79 Å². The molecule has 1 atom stereocenters. The zero-order chi connectivity index (χ0) is 13.5. The summed E-state index contributed by atoms with van der Waals surface area (Å²) >= 11 is 0. The molecule has 102 valence electrons. The van der Waals surface area contributed by atoms with Crippen LogP contribution in [-0.4, -0.2) is 29.6 Å². The Morgan fingerprint density at radius 2 is 2.11 bits per heavy atom. The predicted molar refractivity (Wildman–Crippen MR) is 70.2 cm³/mol. The summed E-state index contributed by atoms with van der Waals surface area (Å²) in [6, 6.07) is 4.87. The molecule has 1 heterocycles. The zero-order valence-corrected chi connectivity index (χ0v) is 10.8. The Bertz CT molecular complexity index is 509. The van der Waals surface area contributed by atoms with Crippen molar-refractivity contribution < 1.29 is 14.3 Å². The minimum absolute atomic E-state index is 0.0125. The third-order valence-corrected chi connectivity index (χ3v) is 4.31. The molecule has 1 aliphatic heterocycles. The van der Waals surface area contributed by atoms with Gasteiger partial charge in [0.15, 0.2) is 5.78 Å². The molecule has 1 unspecified atom stereocenters. The van der Waals surface area contributed by atoms with Crippen molar-refractivity contribution in [3.05, 3.63) is 29.3 Å². The minimum Gasteiger partial charge on any atom is -0.508 e. The van der Waals surface area contributed by atoms with Crippen LogP contribution in [0.4, 0.5) is 4.39 Å². The van der Waals surface area contributed by atoms with E-state index in [0.29, 0.717) is 44.3 Å². The number of halogens is 1. The Hall–Kier alpha value is -1.42. The molecule has 1 saturated heterocycles. The number of rotatable bonds is 2. The van der Waals surface area contributed by atoms with E-state index in [1.165, 1.54) is 6.07 Å². The first-order valence-corrected chi connectivity index (χ1v) is 6.83. The summed E-state index contributed by atoms with van der Waals surface area (Å²) in [4.78, 5) is 12.3. The van der Waals surface area contributed by atoms with Gasteiger partial charge in [-0.1, -0.05) is 6.07 Å². The zero-order valence-electron chi connectivity index (χ0n) is 10.8. The molecule has 1 aromatic rings. The molecule has 0 spiro atoms. The van der Waals surface area contributed by atoms with Crippen LogP contribution in [0.1, 0.15) is 35.2 Å². The fraction of sp³-hybridized carbons (Fsp3) is 0.533. The first-order valence-electron chi connectivity index (χ1n) is 6.83. The van der Waals surface area contributed by atoms with Gasteiger partial charge >= 0.3 is 0 Å². The number of carbonyl (C=O) groups excluding carboxylic acids is 1. The van der Waals surface area contributed by atoms with Gasteiger partial charge < -0.3 is 10.4 Å². The number of carbonyl (C=O) groups is 1. The van der Waals surface area contributed by atoms with Crippen LogP contribution in [0.2, 0.25) is 0 Å². The number of aromatic hydroxyl groups is 1. The highest BCUT2D eigenvalue weighted by Crippen LogP contribution is 2.38. The molecule has 0 radical (unpaired) electrons. The number of ketones is 1. The smallest absolute Gasteiger partial charge is 0.166 e. The van der Waals surface area contributed by atoms with Crippen molar-refractivity contribution in [3.63, 3.8) is 0 Å². The molecule has 1 fully saturated rings. The molecule has 3 rings (SSSR count). The van der Waals surface area contributed by atoms with Gasteiger partial charge in [-0.15, -0.1) is 0 Å². The highest BCUT2D eigenvalue weighted by molar-refractivity contribution is 6.02. The van der Waals surface area contributed by atoms with Crippen LogP contribution in [-0.2, 0) is 6.42 Å². The first kappa shape index (κ1) is 12.6. The van der Waals surface area contributed by atoms with Gasteiger partial charge in [-0.2, -0.15) is 0 Å². The van der Waals surface area contributed by atoms with Crippen molar-refractivity contribution in [3.8, 4) is 5.75 Å². The van der Waals surface area contributed by atoms with E-state index in [1.807, 2.05) is 0 Å². The lowest BCUT2D eigenvalue weighted by Crippen LogP contribution is -2.40. The number of piperidine rings is 1. The molecule has 19 heavy (non-hydrogen) atoms. The van der Waals surface area contributed by atoms with Gasteiger partial charge in [0.25, 0.3) is 0 Å². The highest BCUT2D eigenvalue weighted by Gasteiger charge is 2.40. The van der Waals surface area contributed by atoms with E-state index < -0.39 is 5.67 Å². The van der Waals surface area contributed by atoms with Crippen molar-refractivity contribution in [2.24, 2.45) is 5.92 Å². The lowest BCUT2D eigenvalue weighted by atomic mass is 9.83. The lowest BCUT2D eigenvalue weighted by Gasteiger charge is -2.31. The number of phenolic OH excluding ortho intramolecular Hbond substituents is 1. The summed E-state index contributed by atoms with van der Waals surface area (Å²) in [6.45, 7) is 1.37. The molecule has 0 bridgehead atoms. The maximum atomic E-state index is 14.7. The molecule has 1 aromatic carbocycles. The van der Waals surface area contributed by atoms with Gasteiger partial charge in [0.2, 0.25) is 0 Å². The Morgan fingerprint density at radius 3 is 2.84 bits per heavy atom. The molecular formula is C15H18FNO2. The maximum Gasteiger partial charge on any atom is 0.166 e. The summed E-state index contributed by atoms with van der Waals surface area (Å²) in [5, 5.41) is 12.6. The number of hydrogen-bond acceptors (Lipinski definition) is 3. The summed E-state index contributed by atoms with van der Waals surface area (Å²) in [6.07, 6.45) is 1.88. The molecule has 3 nitrogen and oxygen atoms in total. The van der Waals surface area contributed by atoms with Crippen LogP contribution < -0.4 is 5.32 Å². The summed E-state index contributed by atoms with van der Waals surface area (Å²) in [5.41, 5.74) is 0.295. The van der Waals surface area contributed by atoms with Gasteiger partial charge in [0, 0.05) is 11.5 Å². The molecule has 0 aromatic heterocycles. The largest absolute Gasteiger partial charge is 0.508 e. The van der Waals surface area contributed by atoms with Gasteiger partial charge in [-0.05, 0) is 56.5 Å². The number of phenols is 1. The van der Waals surface area contributed by atoms with Crippen LogP contribution in [0, 0.1) is 5.92 Å². The first-order chi connectivity index (χ1) is 9.07. The summed E-state index contributed by atoms with van der Waals surface area (Å²) in [7, 11) is 0. The van der Waals surface area contributed by atoms with E-state index in [9.17, 15) is 14.3 Å². The molecule has 1 aliphatic carbocycles. The van der Waals surface area contributed by atoms with Crippen molar-refractivity contribution in [1.82, 2.24) is 5.32 Å². The van der Waals surface area contributed by atoms with Crippen LogP contribution in [0.25, 0.3) is 0 Å². The standard InChI is InChI=1S/C15H18FNO2/c16-15(3-5-17-6-4-15)9-11-7-10-1-2-12(18)8-13(10)14(11)19/h1-2,8,11,17-18H,3-7,9H2.